The van der Waals surface area contributed by atoms with Crippen LogP contribution in [0.2, 0.25) is 0 Å². The van der Waals surface area contributed by atoms with E-state index in [1.165, 1.54) is 0 Å². The summed E-state index contributed by atoms with van der Waals surface area (Å²) in [7, 11) is 0. The molecule has 0 spiro atoms. The molecule has 0 atom stereocenters. The molecule has 0 unspecified atom stereocenters. The van der Waals surface area contributed by atoms with Gasteiger partial charge in [-0.3, -0.25) is 0 Å². The van der Waals surface area contributed by atoms with E-state index in [2.05, 4.69) is 59.0 Å². The first-order valence-corrected chi connectivity index (χ1v) is 10.1. The maximum Gasteiger partial charge on any atom is 0.191 e. The van der Waals surface area contributed by atoms with E-state index in [9.17, 15) is 0 Å². The van der Waals surface area contributed by atoms with Crippen LogP contribution in [0.4, 0.5) is 0 Å². The van der Waals surface area contributed by atoms with Crippen molar-refractivity contribution in [2.75, 3.05) is 6.54 Å². The number of thiazole rings is 1. The molecule has 0 saturated carbocycles. The van der Waals surface area contributed by atoms with Gasteiger partial charge in [-0.2, -0.15) is 5.10 Å². The van der Waals surface area contributed by atoms with Crippen molar-refractivity contribution in [2.45, 2.75) is 39.8 Å². The molecular weight excluding hydrogens is 483 g/mol. The minimum atomic E-state index is 0. The van der Waals surface area contributed by atoms with Crippen molar-refractivity contribution in [3.8, 4) is 5.69 Å². The maximum absolute atomic E-state index is 4.70. The summed E-state index contributed by atoms with van der Waals surface area (Å²) in [5.74, 6) is 1.25. The zero-order valence-electron chi connectivity index (χ0n) is 16.4. The van der Waals surface area contributed by atoms with Gasteiger partial charge < -0.3 is 10.6 Å². The molecule has 0 aliphatic carbocycles. The quantitative estimate of drug-likeness (QED) is 0.282. The van der Waals surface area contributed by atoms with Crippen molar-refractivity contribution in [3.05, 3.63) is 64.4 Å². The molecule has 28 heavy (non-hydrogen) atoms. The third-order valence-electron chi connectivity index (χ3n) is 4.01. The second-order valence-corrected chi connectivity index (χ2v) is 7.43. The van der Waals surface area contributed by atoms with Crippen molar-refractivity contribution in [1.82, 2.24) is 25.4 Å². The van der Waals surface area contributed by atoms with Gasteiger partial charge in [0, 0.05) is 24.3 Å². The highest BCUT2D eigenvalue weighted by Gasteiger charge is 2.06. The fourth-order valence-electron chi connectivity index (χ4n) is 2.56. The van der Waals surface area contributed by atoms with Crippen molar-refractivity contribution >= 4 is 41.3 Å². The predicted octanol–water partition coefficient (Wildman–Crippen LogP) is 4.33. The summed E-state index contributed by atoms with van der Waals surface area (Å²) in [6.45, 7) is 8.48. The Morgan fingerprint density at radius 2 is 2.11 bits per heavy atom. The lowest BCUT2D eigenvalue weighted by atomic mass is 10.2. The summed E-state index contributed by atoms with van der Waals surface area (Å²) in [6.07, 6.45) is 3.72. The number of benzene rings is 1. The first-order chi connectivity index (χ1) is 13.2. The van der Waals surface area contributed by atoms with Crippen LogP contribution in [-0.4, -0.2) is 27.3 Å². The van der Waals surface area contributed by atoms with Gasteiger partial charge in [0.1, 0.15) is 5.01 Å². The molecule has 0 amide bonds. The highest BCUT2D eigenvalue weighted by atomic mass is 127. The fraction of sp³-hybridized carbons (Fsp3) is 0.350. The molecule has 0 aliphatic rings. The molecule has 0 fully saturated rings. The van der Waals surface area contributed by atoms with Crippen LogP contribution in [-0.2, 0) is 13.1 Å². The fourth-order valence-corrected chi connectivity index (χ4v) is 3.46. The summed E-state index contributed by atoms with van der Waals surface area (Å²) in [5.41, 5.74) is 3.32. The zero-order valence-corrected chi connectivity index (χ0v) is 19.6. The summed E-state index contributed by atoms with van der Waals surface area (Å²) in [4.78, 5) is 9.37. The van der Waals surface area contributed by atoms with Crippen LogP contribution in [0.25, 0.3) is 5.69 Å². The lowest BCUT2D eigenvalue weighted by molar-refractivity contribution is 0.788. The molecule has 8 heteroatoms. The van der Waals surface area contributed by atoms with Gasteiger partial charge in [-0.05, 0) is 36.6 Å². The Balaban J connectivity index is 0.00000280. The van der Waals surface area contributed by atoms with Crippen molar-refractivity contribution in [2.24, 2.45) is 4.99 Å². The number of halogens is 1. The minimum Gasteiger partial charge on any atom is -0.357 e. The number of aromatic nitrogens is 3. The average Bonchev–Trinajstić information content (AvgIpc) is 3.36. The zero-order chi connectivity index (χ0) is 19.1. The highest BCUT2D eigenvalue weighted by Crippen LogP contribution is 2.17. The molecule has 2 aromatic heterocycles. The van der Waals surface area contributed by atoms with Gasteiger partial charge in [-0.15, -0.1) is 35.3 Å². The van der Waals surface area contributed by atoms with Gasteiger partial charge in [0.2, 0.25) is 0 Å². The number of hydrogen-bond donors (Lipinski definition) is 2. The van der Waals surface area contributed by atoms with Crippen LogP contribution >= 0.6 is 35.3 Å². The second-order valence-electron chi connectivity index (χ2n) is 6.49. The number of nitrogens with one attached hydrogen (secondary N) is 2. The molecule has 3 rings (SSSR count). The largest absolute Gasteiger partial charge is 0.357 e. The van der Waals surface area contributed by atoms with Crippen LogP contribution < -0.4 is 10.6 Å². The van der Waals surface area contributed by atoms with E-state index < -0.39 is 0 Å². The van der Waals surface area contributed by atoms with E-state index >= 15 is 0 Å². The molecule has 150 valence electrons. The standard InChI is InChI=1S/C20H26N6S.HI/c1-4-21-20(23-13-19-25-18(14-27-19)15(2)3)22-12-16-7-5-8-17(11-16)26-10-6-9-24-26;/h5-11,14-15H,4,12-13H2,1-3H3,(H2,21,22,23);1H. The Morgan fingerprint density at radius 3 is 2.79 bits per heavy atom. The normalized spacial score (nSPS) is 11.4. The monoisotopic (exact) mass is 510 g/mol. The summed E-state index contributed by atoms with van der Waals surface area (Å²) < 4.78 is 1.85. The Kier molecular flexibility index (Phi) is 8.91. The first kappa shape index (κ1) is 22.4. The van der Waals surface area contributed by atoms with Crippen LogP contribution in [0.3, 0.4) is 0 Å². The highest BCUT2D eigenvalue weighted by molar-refractivity contribution is 14.0. The molecule has 0 bridgehead atoms. The maximum atomic E-state index is 4.70. The number of guanidine groups is 1. The minimum absolute atomic E-state index is 0. The topological polar surface area (TPSA) is 67.1 Å². The molecule has 6 nitrogen and oxygen atoms in total. The number of hydrogen-bond acceptors (Lipinski definition) is 4. The summed E-state index contributed by atoms with van der Waals surface area (Å²) in [5, 5.41) is 14.1. The molecule has 0 saturated heterocycles. The third-order valence-corrected chi connectivity index (χ3v) is 4.88. The molecule has 0 aliphatic heterocycles. The first-order valence-electron chi connectivity index (χ1n) is 9.21. The lowest BCUT2D eigenvalue weighted by Crippen LogP contribution is -2.36. The molecular formula is C20H27IN6S. The van der Waals surface area contributed by atoms with Gasteiger partial charge in [0.05, 0.1) is 24.5 Å². The second kappa shape index (κ2) is 11.2. The van der Waals surface area contributed by atoms with E-state index in [1.54, 1.807) is 17.5 Å². The molecule has 1 aromatic carbocycles. The van der Waals surface area contributed by atoms with Crippen LogP contribution in [0.1, 0.15) is 43.0 Å². The van der Waals surface area contributed by atoms with Gasteiger partial charge in [-0.25, -0.2) is 14.7 Å². The summed E-state index contributed by atoms with van der Waals surface area (Å²) >= 11 is 1.69. The Labute approximate surface area is 187 Å². The van der Waals surface area contributed by atoms with Gasteiger partial charge in [0.15, 0.2) is 5.96 Å². The Bertz CT molecular complexity index is 872. The number of aliphatic imine (C=N–C) groups is 1. The average molecular weight is 510 g/mol. The van der Waals surface area contributed by atoms with E-state index in [0.717, 1.165) is 34.5 Å². The Morgan fingerprint density at radius 1 is 1.25 bits per heavy atom. The van der Waals surface area contributed by atoms with E-state index in [1.807, 2.05) is 29.1 Å². The SMILES string of the molecule is CCNC(=NCc1cccc(-n2cccn2)c1)NCc1nc(C(C)C)cs1.I. The van der Waals surface area contributed by atoms with Crippen molar-refractivity contribution in [1.29, 1.82) is 0 Å². The number of nitrogens with zero attached hydrogens (tertiary/aromatic N) is 4. The van der Waals surface area contributed by atoms with E-state index in [0.29, 0.717) is 19.0 Å². The van der Waals surface area contributed by atoms with Gasteiger partial charge >= 0.3 is 0 Å². The molecule has 2 N–H and O–H groups in total. The van der Waals surface area contributed by atoms with Gasteiger partial charge in [0.25, 0.3) is 0 Å². The van der Waals surface area contributed by atoms with Crippen LogP contribution in [0.15, 0.2) is 53.1 Å². The van der Waals surface area contributed by atoms with Crippen molar-refractivity contribution < 1.29 is 0 Å². The van der Waals surface area contributed by atoms with Crippen molar-refractivity contribution in [3.63, 3.8) is 0 Å². The third kappa shape index (κ3) is 6.30. The number of rotatable bonds is 7. The molecule has 3 aromatic rings. The van der Waals surface area contributed by atoms with Gasteiger partial charge in [-0.1, -0.05) is 26.0 Å². The van der Waals surface area contributed by atoms with E-state index in [-0.39, 0.29) is 24.0 Å². The smallest absolute Gasteiger partial charge is 0.191 e. The Hall–Kier alpha value is -1.94. The molecule has 2 heterocycles. The summed E-state index contributed by atoms with van der Waals surface area (Å²) in [6, 6.07) is 10.2. The lowest BCUT2D eigenvalue weighted by Gasteiger charge is -2.10. The van der Waals surface area contributed by atoms with Crippen LogP contribution in [0.5, 0.6) is 0 Å². The van der Waals surface area contributed by atoms with E-state index in [4.69, 9.17) is 4.99 Å². The predicted molar refractivity (Wildman–Crippen MR) is 127 cm³/mol. The molecule has 0 radical (unpaired) electrons. The van der Waals surface area contributed by atoms with Crippen LogP contribution in [0, 0.1) is 0 Å².